The van der Waals surface area contributed by atoms with E-state index >= 15 is 0 Å². The van der Waals surface area contributed by atoms with Crippen molar-refractivity contribution in [2.45, 2.75) is 38.0 Å². The third-order valence-corrected chi connectivity index (χ3v) is 1.91. The van der Waals surface area contributed by atoms with Crippen molar-refractivity contribution in [3.63, 3.8) is 0 Å². The first-order chi connectivity index (χ1) is 7.12. The molecule has 0 heterocycles. The van der Waals surface area contributed by atoms with E-state index in [0.717, 1.165) is 6.92 Å². The number of carbonyl (C=O) groups is 2. The second-order valence-corrected chi connectivity index (χ2v) is 3.45. The van der Waals surface area contributed by atoms with Gasteiger partial charge in [-0.3, -0.25) is 9.59 Å². The van der Waals surface area contributed by atoms with Crippen LogP contribution in [0.1, 0.15) is 26.2 Å². The highest BCUT2D eigenvalue weighted by Gasteiger charge is 2.53. The fourth-order valence-electron chi connectivity index (χ4n) is 0.978. The highest BCUT2D eigenvalue weighted by atomic mass is 19.3. The number of allylic oxidation sites excluding steroid dienone is 1. The van der Waals surface area contributed by atoms with Crippen LogP contribution in [-0.4, -0.2) is 23.4 Å². The Kier molecular flexibility index (Phi) is 4.83. The zero-order valence-electron chi connectivity index (χ0n) is 8.73. The molecule has 0 amide bonds. The molecule has 6 heteroatoms. The monoisotopic (exact) mass is 240 g/mol. The van der Waals surface area contributed by atoms with Crippen LogP contribution in [0.4, 0.5) is 17.6 Å². The zero-order valence-corrected chi connectivity index (χ0v) is 8.73. The highest BCUT2D eigenvalue weighted by molar-refractivity contribution is 5.97. The van der Waals surface area contributed by atoms with E-state index in [9.17, 15) is 27.2 Å². The number of hydrogen-bond acceptors (Lipinski definition) is 2. The number of carbonyl (C=O) groups excluding carboxylic acids is 2. The molecule has 0 saturated heterocycles. The summed E-state index contributed by atoms with van der Waals surface area (Å²) in [6.07, 6.45) is -2.70. The summed E-state index contributed by atoms with van der Waals surface area (Å²) < 4.78 is 50.9. The molecule has 0 aromatic rings. The van der Waals surface area contributed by atoms with Crippen LogP contribution in [0.2, 0.25) is 0 Å². The smallest absolute Gasteiger partial charge is 0.300 e. The van der Waals surface area contributed by atoms with E-state index in [1.165, 1.54) is 0 Å². The summed E-state index contributed by atoms with van der Waals surface area (Å²) in [6, 6.07) is 0. The topological polar surface area (TPSA) is 34.1 Å². The van der Waals surface area contributed by atoms with E-state index in [-0.39, 0.29) is 6.08 Å². The fraction of sp³-hybridized carbons (Fsp3) is 0.600. The Bertz CT molecular complexity index is 297. The molecule has 0 rings (SSSR count). The van der Waals surface area contributed by atoms with Crippen LogP contribution >= 0.6 is 0 Å². The summed E-state index contributed by atoms with van der Waals surface area (Å²) in [5, 5.41) is 0. The number of ketones is 2. The first kappa shape index (κ1) is 14.8. The van der Waals surface area contributed by atoms with Crippen molar-refractivity contribution in [3.8, 4) is 0 Å². The van der Waals surface area contributed by atoms with Gasteiger partial charge in [-0.1, -0.05) is 6.58 Å². The molecule has 0 aliphatic rings. The van der Waals surface area contributed by atoms with E-state index in [1.807, 2.05) is 0 Å². The Morgan fingerprint density at radius 3 is 2.12 bits per heavy atom. The van der Waals surface area contributed by atoms with Gasteiger partial charge in [0.25, 0.3) is 0 Å². The molecule has 0 aromatic heterocycles. The minimum absolute atomic E-state index is 0.150. The lowest BCUT2D eigenvalue weighted by Gasteiger charge is -2.23. The maximum Gasteiger partial charge on any atom is 0.328 e. The Hall–Kier alpha value is -1.20. The van der Waals surface area contributed by atoms with Gasteiger partial charge in [-0.2, -0.15) is 17.6 Å². The fourth-order valence-corrected chi connectivity index (χ4v) is 0.978. The van der Waals surface area contributed by atoms with Crippen molar-refractivity contribution in [1.29, 1.82) is 0 Å². The molecule has 0 aliphatic heterocycles. The van der Waals surface area contributed by atoms with Crippen molar-refractivity contribution in [2.24, 2.45) is 0 Å². The molecule has 0 spiro atoms. The predicted molar refractivity (Wildman–Crippen MR) is 49.6 cm³/mol. The molecule has 2 nitrogen and oxygen atoms in total. The quantitative estimate of drug-likeness (QED) is 0.389. The molecular formula is C10H12F4O2. The number of alkyl halides is 4. The van der Waals surface area contributed by atoms with Crippen LogP contribution in [-0.2, 0) is 9.59 Å². The maximum atomic E-state index is 12.8. The van der Waals surface area contributed by atoms with Crippen LogP contribution in [0.25, 0.3) is 0 Å². The molecule has 0 atom stereocenters. The average molecular weight is 240 g/mol. The molecule has 0 aliphatic carbocycles. The van der Waals surface area contributed by atoms with E-state index < -0.39 is 42.7 Å². The Labute approximate surface area is 90.3 Å². The summed E-state index contributed by atoms with van der Waals surface area (Å²) in [7, 11) is 0. The van der Waals surface area contributed by atoms with Crippen molar-refractivity contribution >= 4 is 11.6 Å². The van der Waals surface area contributed by atoms with Gasteiger partial charge in [0.05, 0.1) is 6.42 Å². The second-order valence-electron chi connectivity index (χ2n) is 3.45. The number of halogens is 4. The van der Waals surface area contributed by atoms with Crippen LogP contribution < -0.4 is 0 Å². The molecular weight excluding hydrogens is 228 g/mol. The third kappa shape index (κ3) is 4.12. The minimum atomic E-state index is -4.34. The summed E-state index contributed by atoms with van der Waals surface area (Å²) in [5.41, 5.74) is 0. The van der Waals surface area contributed by atoms with Gasteiger partial charge in [0.15, 0.2) is 0 Å². The zero-order chi connectivity index (χ0) is 13.0. The second kappa shape index (κ2) is 5.23. The molecule has 0 saturated carbocycles. The molecule has 0 N–H and O–H groups in total. The molecule has 16 heavy (non-hydrogen) atoms. The Balaban J connectivity index is 4.34. The number of hydrogen-bond donors (Lipinski definition) is 0. The van der Waals surface area contributed by atoms with Crippen LogP contribution in [0.15, 0.2) is 12.7 Å². The van der Waals surface area contributed by atoms with Gasteiger partial charge >= 0.3 is 11.8 Å². The highest BCUT2D eigenvalue weighted by Crippen LogP contribution is 2.38. The minimum Gasteiger partial charge on any atom is -0.300 e. The van der Waals surface area contributed by atoms with Gasteiger partial charge in [0, 0.05) is 12.8 Å². The molecule has 0 radical (unpaired) electrons. The van der Waals surface area contributed by atoms with E-state index in [4.69, 9.17) is 0 Å². The van der Waals surface area contributed by atoms with Gasteiger partial charge < -0.3 is 0 Å². The Morgan fingerprint density at radius 1 is 1.25 bits per heavy atom. The molecule has 92 valence electrons. The van der Waals surface area contributed by atoms with Gasteiger partial charge in [-0.15, -0.1) is 0 Å². The average Bonchev–Trinajstić information content (AvgIpc) is 2.13. The van der Waals surface area contributed by atoms with Crippen molar-refractivity contribution < 1.29 is 27.2 Å². The molecule has 0 bridgehead atoms. The van der Waals surface area contributed by atoms with Crippen molar-refractivity contribution in [3.05, 3.63) is 12.7 Å². The summed E-state index contributed by atoms with van der Waals surface area (Å²) in [5.74, 6) is -9.92. The number of rotatable bonds is 7. The first-order valence-electron chi connectivity index (χ1n) is 4.53. The Morgan fingerprint density at radius 2 is 1.75 bits per heavy atom. The molecule has 0 aromatic carbocycles. The third-order valence-electron chi connectivity index (χ3n) is 1.91. The SMILES string of the molecule is C=CC(F)(F)C(F)(F)CCC(=O)CC(C)=O. The van der Waals surface area contributed by atoms with Crippen LogP contribution in [0.5, 0.6) is 0 Å². The lowest BCUT2D eigenvalue weighted by Crippen LogP contribution is -2.38. The van der Waals surface area contributed by atoms with E-state index in [2.05, 4.69) is 6.58 Å². The normalized spacial score (nSPS) is 12.3. The largest absolute Gasteiger partial charge is 0.328 e. The molecule has 0 fully saturated rings. The van der Waals surface area contributed by atoms with E-state index in [0.29, 0.717) is 0 Å². The van der Waals surface area contributed by atoms with Crippen LogP contribution in [0.3, 0.4) is 0 Å². The first-order valence-corrected chi connectivity index (χ1v) is 4.53. The van der Waals surface area contributed by atoms with Crippen molar-refractivity contribution in [2.75, 3.05) is 0 Å². The lowest BCUT2D eigenvalue weighted by atomic mass is 10.0. The summed E-state index contributed by atoms with van der Waals surface area (Å²) >= 11 is 0. The maximum absolute atomic E-state index is 12.8. The summed E-state index contributed by atoms with van der Waals surface area (Å²) in [4.78, 5) is 21.3. The van der Waals surface area contributed by atoms with Gasteiger partial charge in [0.1, 0.15) is 11.6 Å². The van der Waals surface area contributed by atoms with E-state index in [1.54, 1.807) is 0 Å². The standard InChI is InChI=1S/C10H12F4O2/c1-3-9(11,12)10(13,14)5-4-8(16)6-7(2)15/h3H,1,4-6H2,2H3. The van der Waals surface area contributed by atoms with Gasteiger partial charge in [-0.05, 0) is 13.0 Å². The molecule has 0 unspecified atom stereocenters. The lowest BCUT2D eigenvalue weighted by molar-refractivity contribution is -0.183. The van der Waals surface area contributed by atoms with Gasteiger partial charge in [0.2, 0.25) is 0 Å². The van der Waals surface area contributed by atoms with Crippen LogP contribution in [0, 0.1) is 0 Å². The van der Waals surface area contributed by atoms with Gasteiger partial charge in [-0.25, -0.2) is 0 Å². The number of Topliss-reactive ketones (excluding diaryl/α,β-unsaturated/α-hetero) is 2. The summed E-state index contributed by atoms with van der Waals surface area (Å²) in [6.45, 7) is 3.72. The predicted octanol–water partition coefficient (Wildman–Crippen LogP) is 2.77. The van der Waals surface area contributed by atoms with Crippen molar-refractivity contribution in [1.82, 2.24) is 0 Å².